The number of amides is 1. The molecule has 0 saturated carbocycles. The van der Waals surface area contributed by atoms with Gasteiger partial charge in [0.2, 0.25) is 0 Å². The fraction of sp³-hybridized carbons (Fsp3) is 0.263. The highest BCUT2D eigenvalue weighted by Gasteiger charge is 2.22. The van der Waals surface area contributed by atoms with Gasteiger partial charge in [-0.3, -0.25) is 19.8 Å². The van der Waals surface area contributed by atoms with Gasteiger partial charge in [-0.15, -0.1) is 12.4 Å². The minimum atomic E-state index is -0.509. The molecule has 2 aromatic carbocycles. The first kappa shape index (κ1) is 22.7. The summed E-state index contributed by atoms with van der Waals surface area (Å²) in [7, 11) is 3.89. The SMILES string of the molecule is CN(C)CCCN(C(=O)c1ccc([N+](=O)[O-])cc1)c1nc2ccc(F)cc2s1.Cl. The summed E-state index contributed by atoms with van der Waals surface area (Å²) >= 11 is 1.24. The minimum Gasteiger partial charge on any atom is -0.309 e. The van der Waals surface area contributed by atoms with E-state index in [1.807, 2.05) is 19.0 Å². The summed E-state index contributed by atoms with van der Waals surface area (Å²) in [5, 5.41) is 11.3. The van der Waals surface area contributed by atoms with Crippen LogP contribution in [0.25, 0.3) is 10.2 Å². The smallest absolute Gasteiger partial charge is 0.269 e. The van der Waals surface area contributed by atoms with E-state index >= 15 is 0 Å². The Labute approximate surface area is 177 Å². The van der Waals surface area contributed by atoms with E-state index in [9.17, 15) is 19.3 Å². The molecule has 0 N–H and O–H groups in total. The Bertz CT molecular complexity index is 1010. The quantitative estimate of drug-likeness (QED) is 0.404. The monoisotopic (exact) mass is 438 g/mol. The lowest BCUT2D eigenvalue weighted by molar-refractivity contribution is -0.384. The maximum atomic E-state index is 13.5. The van der Waals surface area contributed by atoms with E-state index in [0.717, 1.165) is 13.0 Å². The summed E-state index contributed by atoms with van der Waals surface area (Å²) < 4.78 is 14.2. The molecule has 0 aliphatic carbocycles. The highest BCUT2D eigenvalue weighted by Crippen LogP contribution is 2.30. The number of nitro benzene ring substituents is 1. The standard InChI is InChI=1S/C19H19FN4O3S.ClH/c1-22(2)10-3-11-23(18(25)13-4-7-15(8-5-13)24(26)27)19-21-16-9-6-14(20)12-17(16)28-19;/h4-9,12H,3,10-11H2,1-2H3;1H. The van der Waals surface area contributed by atoms with Gasteiger partial charge in [-0.1, -0.05) is 11.3 Å². The zero-order valence-electron chi connectivity index (χ0n) is 15.9. The van der Waals surface area contributed by atoms with Crippen molar-refractivity contribution in [2.24, 2.45) is 0 Å². The molecule has 0 radical (unpaired) electrons. The number of aromatic nitrogens is 1. The molecule has 7 nitrogen and oxygen atoms in total. The second-order valence-electron chi connectivity index (χ2n) is 6.53. The molecule has 0 saturated heterocycles. The van der Waals surface area contributed by atoms with Crippen molar-refractivity contribution >= 4 is 50.7 Å². The third-order valence-electron chi connectivity index (χ3n) is 4.13. The van der Waals surface area contributed by atoms with Gasteiger partial charge in [-0.05, 0) is 57.4 Å². The maximum Gasteiger partial charge on any atom is 0.269 e. The van der Waals surface area contributed by atoms with E-state index in [1.54, 1.807) is 11.0 Å². The molecule has 0 aliphatic heterocycles. The Kier molecular flexibility index (Phi) is 7.60. The van der Waals surface area contributed by atoms with Crippen LogP contribution in [0, 0.1) is 15.9 Å². The zero-order chi connectivity index (χ0) is 20.3. The number of nitrogens with zero attached hydrogens (tertiary/aromatic N) is 4. The number of thiazole rings is 1. The summed E-state index contributed by atoms with van der Waals surface area (Å²) in [6, 6.07) is 9.79. The number of carbonyl (C=O) groups is 1. The Hall–Kier alpha value is -2.62. The number of anilines is 1. The largest absolute Gasteiger partial charge is 0.309 e. The molecule has 1 aromatic heterocycles. The van der Waals surface area contributed by atoms with Crippen LogP contribution in [0.4, 0.5) is 15.2 Å². The van der Waals surface area contributed by atoms with Gasteiger partial charge in [0.05, 0.1) is 15.1 Å². The summed E-state index contributed by atoms with van der Waals surface area (Å²) in [5.74, 6) is -0.656. The number of hydrogen-bond donors (Lipinski definition) is 0. The fourth-order valence-electron chi connectivity index (χ4n) is 2.71. The van der Waals surface area contributed by atoms with Crippen molar-refractivity contribution < 1.29 is 14.1 Å². The molecule has 29 heavy (non-hydrogen) atoms. The van der Waals surface area contributed by atoms with Crippen LogP contribution in [0.2, 0.25) is 0 Å². The normalized spacial score (nSPS) is 10.8. The van der Waals surface area contributed by atoms with Crippen LogP contribution in [-0.2, 0) is 0 Å². The van der Waals surface area contributed by atoms with E-state index < -0.39 is 4.92 Å². The number of benzene rings is 2. The molecule has 0 fully saturated rings. The molecular weight excluding hydrogens is 419 g/mol. The molecule has 10 heteroatoms. The summed E-state index contributed by atoms with van der Waals surface area (Å²) in [5.41, 5.74) is 0.877. The highest BCUT2D eigenvalue weighted by molar-refractivity contribution is 7.22. The minimum absolute atomic E-state index is 0. The van der Waals surface area contributed by atoms with Crippen molar-refractivity contribution in [3.63, 3.8) is 0 Å². The topological polar surface area (TPSA) is 79.6 Å². The molecule has 154 valence electrons. The Morgan fingerprint density at radius 3 is 2.48 bits per heavy atom. The van der Waals surface area contributed by atoms with Gasteiger partial charge in [0.15, 0.2) is 5.13 Å². The molecule has 0 unspecified atom stereocenters. The van der Waals surface area contributed by atoms with Crippen LogP contribution in [0.15, 0.2) is 42.5 Å². The van der Waals surface area contributed by atoms with Gasteiger partial charge in [-0.25, -0.2) is 9.37 Å². The zero-order valence-corrected chi connectivity index (χ0v) is 17.5. The third-order valence-corrected chi connectivity index (χ3v) is 5.17. The molecule has 1 heterocycles. The van der Waals surface area contributed by atoms with E-state index in [0.29, 0.717) is 27.5 Å². The molecule has 0 aliphatic rings. The van der Waals surface area contributed by atoms with E-state index in [4.69, 9.17) is 0 Å². The van der Waals surface area contributed by atoms with Crippen LogP contribution < -0.4 is 4.90 Å². The maximum absolute atomic E-state index is 13.5. The van der Waals surface area contributed by atoms with Crippen LogP contribution in [0.5, 0.6) is 0 Å². The van der Waals surface area contributed by atoms with Crippen molar-refractivity contribution in [2.45, 2.75) is 6.42 Å². The van der Waals surface area contributed by atoms with Crippen molar-refractivity contribution in [2.75, 3.05) is 32.1 Å². The first-order chi connectivity index (χ1) is 13.3. The lowest BCUT2D eigenvalue weighted by atomic mass is 10.2. The predicted octanol–water partition coefficient (Wildman–Crippen LogP) is 4.36. The van der Waals surface area contributed by atoms with Crippen LogP contribution >= 0.6 is 23.7 Å². The van der Waals surface area contributed by atoms with Gasteiger partial charge >= 0.3 is 0 Å². The lowest BCUT2D eigenvalue weighted by Gasteiger charge is -2.21. The number of rotatable bonds is 7. The number of hydrogen-bond acceptors (Lipinski definition) is 6. The van der Waals surface area contributed by atoms with Crippen LogP contribution in [-0.4, -0.2) is 47.9 Å². The number of fused-ring (bicyclic) bond motifs is 1. The van der Waals surface area contributed by atoms with Gasteiger partial charge in [0.25, 0.3) is 11.6 Å². The number of nitro groups is 1. The van der Waals surface area contributed by atoms with Crippen molar-refractivity contribution in [1.29, 1.82) is 0 Å². The summed E-state index contributed by atoms with van der Waals surface area (Å²) in [6.45, 7) is 1.21. The number of carbonyl (C=O) groups excluding carboxylic acids is 1. The van der Waals surface area contributed by atoms with E-state index in [-0.39, 0.29) is 29.8 Å². The Morgan fingerprint density at radius 1 is 1.17 bits per heavy atom. The number of non-ortho nitro benzene ring substituents is 1. The molecule has 3 aromatic rings. The average molecular weight is 439 g/mol. The first-order valence-electron chi connectivity index (χ1n) is 8.62. The lowest BCUT2D eigenvalue weighted by Crippen LogP contribution is -2.33. The number of halogens is 2. The third kappa shape index (κ3) is 5.47. The fourth-order valence-corrected chi connectivity index (χ4v) is 3.73. The van der Waals surface area contributed by atoms with Gasteiger partial charge < -0.3 is 4.90 Å². The van der Waals surface area contributed by atoms with Crippen LogP contribution in [0.3, 0.4) is 0 Å². The van der Waals surface area contributed by atoms with Crippen molar-refractivity contribution in [1.82, 2.24) is 9.88 Å². The highest BCUT2D eigenvalue weighted by atomic mass is 35.5. The van der Waals surface area contributed by atoms with Crippen molar-refractivity contribution in [3.8, 4) is 0 Å². The van der Waals surface area contributed by atoms with E-state index in [2.05, 4.69) is 4.98 Å². The predicted molar refractivity (Wildman–Crippen MR) is 115 cm³/mol. The van der Waals surface area contributed by atoms with Gasteiger partial charge in [-0.2, -0.15) is 0 Å². The molecule has 0 atom stereocenters. The summed E-state index contributed by atoms with van der Waals surface area (Å²) in [6.07, 6.45) is 0.718. The van der Waals surface area contributed by atoms with Crippen molar-refractivity contribution in [3.05, 3.63) is 64.0 Å². The molecule has 1 amide bonds. The molecule has 0 bridgehead atoms. The Balaban J connectivity index is 0.00000300. The molecular formula is C19H20ClFN4O3S. The average Bonchev–Trinajstić information content (AvgIpc) is 3.07. The summed E-state index contributed by atoms with van der Waals surface area (Å²) in [4.78, 5) is 31.5. The Morgan fingerprint density at radius 2 is 1.86 bits per heavy atom. The van der Waals surface area contributed by atoms with E-state index in [1.165, 1.54) is 47.7 Å². The van der Waals surface area contributed by atoms with Crippen LogP contribution in [0.1, 0.15) is 16.8 Å². The first-order valence-corrected chi connectivity index (χ1v) is 9.44. The van der Waals surface area contributed by atoms with Gasteiger partial charge in [0, 0.05) is 24.2 Å². The molecule has 3 rings (SSSR count). The second-order valence-corrected chi connectivity index (χ2v) is 7.54. The second kappa shape index (κ2) is 9.73. The molecule has 0 spiro atoms. The van der Waals surface area contributed by atoms with Gasteiger partial charge in [0.1, 0.15) is 5.82 Å².